The van der Waals surface area contributed by atoms with E-state index in [0.29, 0.717) is 16.7 Å². The summed E-state index contributed by atoms with van der Waals surface area (Å²) in [5, 5.41) is 3.56. The Kier molecular flexibility index (Phi) is 3.73. The van der Waals surface area contributed by atoms with Gasteiger partial charge in [-0.05, 0) is 31.9 Å². The number of hydrogen-bond acceptors (Lipinski definition) is 3. The molecule has 0 spiro atoms. The first kappa shape index (κ1) is 13.8. The lowest BCUT2D eigenvalue weighted by atomic mass is 10.2. The normalized spacial score (nSPS) is 15.5. The number of rotatable bonds is 3. The van der Waals surface area contributed by atoms with Crippen LogP contribution in [-0.4, -0.2) is 21.5 Å². The SMILES string of the molecule is Cc1nc2ccccc2c(=O)n1CC(=O)NC1CCCC1. The van der Waals surface area contributed by atoms with E-state index in [0.717, 1.165) is 12.8 Å². The number of hydrogen-bond donors (Lipinski definition) is 1. The monoisotopic (exact) mass is 285 g/mol. The third kappa shape index (κ3) is 2.82. The Balaban J connectivity index is 1.86. The van der Waals surface area contributed by atoms with Gasteiger partial charge in [0.2, 0.25) is 5.91 Å². The molecule has 1 aromatic heterocycles. The Bertz CT molecular complexity index is 730. The van der Waals surface area contributed by atoms with Gasteiger partial charge >= 0.3 is 0 Å². The third-order valence-electron chi connectivity index (χ3n) is 4.07. The van der Waals surface area contributed by atoms with E-state index in [4.69, 9.17) is 0 Å². The van der Waals surface area contributed by atoms with Crippen LogP contribution in [-0.2, 0) is 11.3 Å². The fourth-order valence-electron chi connectivity index (χ4n) is 2.95. The molecule has 21 heavy (non-hydrogen) atoms. The van der Waals surface area contributed by atoms with E-state index in [1.54, 1.807) is 13.0 Å². The van der Waals surface area contributed by atoms with Crippen molar-refractivity contribution in [2.24, 2.45) is 0 Å². The fourth-order valence-corrected chi connectivity index (χ4v) is 2.95. The number of benzene rings is 1. The summed E-state index contributed by atoms with van der Waals surface area (Å²) < 4.78 is 1.45. The Morgan fingerprint density at radius 3 is 2.81 bits per heavy atom. The molecule has 1 aliphatic rings. The molecule has 1 saturated carbocycles. The van der Waals surface area contributed by atoms with E-state index in [1.807, 2.05) is 18.2 Å². The topological polar surface area (TPSA) is 64.0 Å². The van der Waals surface area contributed by atoms with Crippen molar-refractivity contribution < 1.29 is 4.79 Å². The van der Waals surface area contributed by atoms with Gasteiger partial charge in [0.25, 0.3) is 5.56 Å². The molecule has 1 N–H and O–H groups in total. The molecule has 3 rings (SSSR count). The molecule has 1 aromatic carbocycles. The van der Waals surface area contributed by atoms with Gasteiger partial charge in [-0.2, -0.15) is 0 Å². The van der Waals surface area contributed by atoms with Gasteiger partial charge in [-0.3, -0.25) is 14.2 Å². The van der Waals surface area contributed by atoms with Gasteiger partial charge < -0.3 is 5.32 Å². The Labute approximate surface area is 123 Å². The van der Waals surface area contributed by atoms with Crippen LogP contribution in [0.3, 0.4) is 0 Å². The molecule has 1 heterocycles. The lowest BCUT2D eigenvalue weighted by molar-refractivity contribution is -0.122. The summed E-state index contributed by atoms with van der Waals surface area (Å²) in [5.41, 5.74) is 0.520. The molecule has 1 amide bonds. The third-order valence-corrected chi connectivity index (χ3v) is 4.07. The van der Waals surface area contributed by atoms with Crippen molar-refractivity contribution in [2.75, 3.05) is 0 Å². The van der Waals surface area contributed by atoms with E-state index in [2.05, 4.69) is 10.3 Å². The molecule has 0 bridgehead atoms. The first-order chi connectivity index (χ1) is 10.1. The Hall–Kier alpha value is -2.17. The highest BCUT2D eigenvalue weighted by Crippen LogP contribution is 2.17. The van der Waals surface area contributed by atoms with Crippen LogP contribution in [0.15, 0.2) is 29.1 Å². The zero-order valence-electron chi connectivity index (χ0n) is 12.1. The lowest BCUT2D eigenvalue weighted by Crippen LogP contribution is -2.38. The predicted octanol–water partition coefficient (Wildman–Crippen LogP) is 1.76. The Morgan fingerprint density at radius 1 is 1.33 bits per heavy atom. The van der Waals surface area contributed by atoms with Gasteiger partial charge in [0.15, 0.2) is 0 Å². The number of fused-ring (bicyclic) bond motifs is 1. The minimum atomic E-state index is -0.153. The van der Waals surface area contributed by atoms with E-state index in [9.17, 15) is 9.59 Å². The quantitative estimate of drug-likeness (QED) is 0.934. The number of carbonyl (C=O) groups is 1. The zero-order chi connectivity index (χ0) is 14.8. The second kappa shape index (κ2) is 5.68. The Morgan fingerprint density at radius 2 is 2.05 bits per heavy atom. The standard InChI is InChI=1S/C16H19N3O2/c1-11-17-14-9-5-4-8-13(14)16(21)19(11)10-15(20)18-12-6-2-3-7-12/h4-5,8-9,12H,2-3,6-7,10H2,1H3,(H,18,20). The summed E-state index contributed by atoms with van der Waals surface area (Å²) in [5.74, 6) is 0.462. The summed E-state index contributed by atoms with van der Waals surface area (Å²) in [6.07, 6.45) is 4.41. The van der Waals surface area contributed by atoms with Crippen molar-refractivity contribution in [1.29, 1.82) is 0 Å². The second-order valence-corrected chi connectivity index (χ2v) is 5.62. The number of aromatic nitrogens is 2. The number of aryl methyl sites for hydroxylation is 1. The number of carbonyl (C=O) groups excluding carboxylic acids is 1. The molecule has 5 nitrogen and oxygen atoms in total. The highest BCUT2D eigenvalue weighted by molar-refractivity contribution is 5.79. The largest absolute Gasteiger partial charge is 0.352 e. The molecule has 110 valence electrons. The molecular weight excluding hydrogens is 266 g/mol. The highest BCUT2D eigenvalue weighted by Gasteiger charge is 2.18. The average Bonchev–Trinajstić information content (AvgIpc) is 2.96. The average molecular weight is 285 g/mol. The van der Waals surface area contributed by atoms with Gasteiger partial charge in [-0.1, -0.05) is 25.0 Å². The summed E-state index contributed by atoms with van der Waals surface area (Å²) in [4.78, 5) is 29.0. The number of amides is 1. The maximum atomic E-state index is 12.5. The maximum Gasteiger partial charge on any atom is 0.261 e. The van der Waals surface area contributed by atoms with Crippen LogP contribution in [0.25, 0.3) is 10.9 Å². The molecule has 0 saturated heterocycles. The number of nitrogens with zero attached hydrogens (tertiary/aromatic N) is 2. The predicted molar refractivity (Wildman–Crippen MR) is 81.1 cm³/mol. The maximum absolute atomic E-state index is 12.5. The second-order valence-electron chi connectivity index (χ2n) is 5.62. The summed E-state index contributed by atoms with van der Waals surface area (Å²) in [7, 11) is 0. The van der Waals surface area contributed by atoms with Crippen molar-refractivity contribution >= 4 is 16.8 Å². The van der Waals surface area contributed by atoms with Gasteiger partial charge in [-0.25, -0.2) is 4.98 Å². The molecular formula is C16H19N3O2. The molecule has 1 fully saturated rings. The van der Waals surface area contributed by atoms with Crippen molar-refractivity contribution in [3.05, 3.63) is 40.4 Å². The minimum absolute atomic E-state index is 0.0407. The fraction of sp³-hybridized carbons (Fsp3) is 0.438. The van der Waals surface area contributed by atoms with Crippen LogP contribution >= 0.6 is 0 Å². The van der Waals surface area contributed by atoms with Gasteiger partial charge in [-0.15, -0.1) is 0 Å². The molecule has 1 aliphatic carbocycles. The summed E-state index contributed by atoms with van der Waals surface area (Å²) >= 11 is 0. The van der Waals surface area contributed by atoms with Gasteiger partial charge in [0.1, 0.15) is 12.4 Å². The van der Waals surface area contributed by atoms with Crippen LogP contribution in [0, 0.1) is 6.92 Å². The number of nitrogens with one attached hydrogen (secondary N) is 1. The van der Waals surface area contributed by atoms with E-state index in [-0.39, 0.29) is 24.1 Å². The van der Waals surface area contributed by atoms with Crippen LogP contribution in [0.4, 0.5) is 0 Å². The summed E-state index contributed by atoms with van der Waals surface area (Å²) in [6, 6.07) is 7.49. The van der Waals surface area contributed by atoms with Crippen LogP contribution in [0.5, 0.6) is 0 Å². The molecule has 0 unspecified atom stereocenters. The van der Waals surface area contributed by atoms with Gasteiger partial charge in [0, 0.05) is 6.04 Å². The van der Waals surface area contributed by atoms with Crippen LogP contribution < -0.4 is 10.9 Å². The minimum Gasteiger partial charge on any atom is -0.352 e. The first-order valence-corrected chi connectivity index (χ1v) is 7.40. The van der Waals surface area contributed by atoms with Crippen molar-refractivity contribution in [1.82, 2.24) is 14.9 Å². The summed E-state index contributed by atoms with van der Waals surface area (Å²) in [6.45, 7) is 1.80. The van der Waals surface area contributed by atoms with Crippen LogP contribution in [0.1, 0.15) is 31.5 Å². The van der Waals surface area contributed by atoms with E-state index in [1.165, 1.54) is 17.4 Å². The highest BCUT2D eigenvalue weighted by atomic mass is 16.2. The molecule has 0 aliphatic heterocycles. The van der Waals surface area contributed by atoms with E-state index >= 15 is 0 Å². The van der Waals surface area contributed by atoms with Crippen molar-refractivity contribution in [3.63, 3.8) is 0 Å². The molecule has 0 atom stereocenters. The molecule has 0 radical (unpaired) electrons. The van der Waals surface area contributed by atoms with Crippen molar-refractivity contribution in [2.45, 2.75) is 45.2 Å². The van der Waals surface area contributed by atoms with Gasteiger partial charge in [0.05, 0.1) is 10.9 Å². The molecule has 5 heteroatoms. The molecule has 2 aromatic rings. The zero-order valence-corrected chi connectivity index (χ0v) is 12.1. The van der Waals surface area contributed by atoms with Crippen molar-refractivity contribution in [3.8, 4) is 0 Å². The van der Waals surface area contributed by atoms with Crippen LogP contribution in [0.2, 0.25) is 0 Å². The smallest absolute Gasteiger partial charge is 0.261 e. The first-order valence-electron chi connectivity index (χ1n) is 7.40. The number of para-hydroxylation sites is 1. The lowest BCUT2D eigenvalue weighted by Gasteiger charge is -2.14. The van der Waals surface area contributed by atoms with E-state index < -0.39 is 0 Å².